The number of carbonyl (C=O) groups excluding carboxylic acids is 2. The van der Waals surface area contributed by atoms with Gasteiger partial charge in [0.2, 0.25) is 11.9 Å². The average Bonchev–Trinajstić information content (AvgIpc) is 3.37. The van der Waals surface area contributed by atoms with Crippen LogP contribution in [0.15, 0.2) is 42.5 Å². The molecule has 8 heteroatoms. The lowest BCUT2D eigenvalue weighted by atomic mass is 10.1. The van der Waals surface area contributed by atoms with E-state index in [9.17, 15) is 18.4 Å². The molecule has 5 rings (SSSR count). The Morgan fingerprint density at radius 1 is 1.14 bits per heavy atom. The topological polar surface area (TPSA) is 67.2 Å². The highest BCUT2D eigenvalue weighted by molar-refractivity contribution is 6.05. The smallest absolute Gasteiger partial charge is 0.253 e. The van der Waals surface area contributed by atoms with Crippen molar-refractivity contribution in [3.05, 3.63) is 54.1 Å². The van der Waals surface area contributed by atoms with Crippen molar-refractivity contribution in [2.45, 2.75) is 31.3 Å². The summed E-state index contributed by atoms with van der Waals surface area (Å²) in [6.07, 6.45) is 1.72. The molecule has 2 aliphatic rings. The van der Waals surface area contributed by atoms with Gasteiger partial charge in [0.15, 0.2) is 11.6 Å². The molecule has 142 valence electrons. The third-order valence-electron chi connectivity index (χ3n) is 5.12. The molecule has 2 heterocycles. The largest absolute Gasteiger partial charge is 0.326 e. The molecular formula is C20H16F2N4O2. The molecule has 1 saturated carbocycles. The molecule has 6 nitrogen and oxygen atoms in total. The first-order chi connectivity index (χ1) is 13.5. The molecule has 1 fully saturated rings. The van der Waals surface area contributed by atoms with Crippen LogP contribution in [0.25, 0.3) is 11.0 Å². The van der Waals surface area contributed by atoms with E-state index in [1.165, 1.54) is 6.07 Å². The number of hydrogen-bond acceptors (Lipinski definition) is 3. The van der Waals surface area contributed by atoms with Crippen LogP contribution in [0.3, 0.4) is 0 Å². The van der Waals surface area contributed by atoms with Crippen molar-refractivity contribution in [1.29, 1.82) is 0 Å². The quantitative estimate of drug-likeness (QED) is 0.752. The molecular weight excluding hydrogens is 366 g/mol. The number of carbonyl (C=O) groups is 2. The molecule has 1 N–H and O–H groups in total. The van der Waals surface area contributed by atoms with Gasteiger partial charge in [-0.2, -0.15) is 0 Å². The lowest BCUT2D eigenvalue weighted by molar-refractivity contribution is -0.124. The van der Waals surface area contributed by atoms with E-state index in [1.54, 1.807) is 9.47 Å². The molecule has 1 aliphatic heterocycles. The number of imidazole rings is 1. The Kier molecular flexibility index (Phi) is 3.68. The molecule has 2 amide bonds. The van der Waals surface area contributed by atoms with Crippen molar-refractivity contribution in [3.63, 3.8) is 0 Å². The first-order valence-electron chi connectivity index (χ1n) is 9.08. The number of halogens is 2. The summed E-state index contributed by atoms with van der Waals surface area (Å²) in [5.41, 5.74) is 1.70. The van der Waals surface area contributed by atoms with Crippen molar-refractivity contribution in [2.75, 3.05) is 10.2 Å². The third-order valence-corrected chi connectivity index (χ3v) is 5.12. The fourth-order valence-electron chi connectivity index (χ4n) is 3.69. The highest BCUT2D eigenvalue weighted by atomic mass is 19.2. The predicted octanol–water partition coefficient (Wildman–Crippen LogP) is 3.39. The molecule has 1 unspecified atom stereocenters. The number of aromatic nitrogens is 2. The minimum atomic E-state index is -1.04. The second-order valence-electron chi connectivity index (χ2n) is 7.11. The van der Waals surface area contributed by atoms with Crippen molar-refractivity contribution in [1.82, 2.24) is 9.55 Å². The van der Waals surface area contributed by atoms with Gasteiger partial charge in [0.25, 0.3) is 5.91 Å². The van der Waals surface area contributed by atoms with Crippen molar-refractivity contribution >= 4 is 34.5 Å². The van der Waals surface area contributed by atoms with Crippen LogP contribution in [0.4, 0.5) is 20.4 Å². The standard InChI is InChI=1S/C20H16F2N4O2/c21-13-8-5-11(9-14(13)22)23-18(27)10-17-19(28)25(12-6-7-12)20-24-15-3-1-2-4-16(15)26(17)20/h1-5,8-9,12,17H,6-7,10H2,(H,23,27). The van der Waals surface area contributed by atoms with Crippen LogP contribution in [0.2, 0.25) is 0 Å². The minimum absolute atomic E-state index is 0.117. The van der Waals surface area contributed by atoms with Crippen molar-refractivity contribution < 1.29 is 18.4 Å². The van der Waals surface area contributed by atoms with Gasteiger partial charge in [-0.05, 0) is 37.1 Å². The Bertz CT molecular complexity index is 1120. The summed E-state index contributed by atoms with van der Waals surface area (Å²) < 4.78 is 28.3. The second-order valence-corrected chi connectivity index (χ2v) is 7.11. The highest BCUT2D eigenvalue weighted by Gasteiger charge is 2.47. The van der Waals surface area contributed by atoms with Gasteiger partial charge in [0.1, 0.15) is 6.04 Å². The van der Waals surface area contributed by atoms with Gasteiger partial charge in [0, 0.05) is 17.8 Å². The third kappa shape index (κ3) is 2.64. The number of fused-ring (bicyclic) bond motifs is 3. The zero-order valence-electron chi connectivity index (χ0n) is 14.7. The van der Waals surface area contributed by atoms with E-state index in [2.05, 4.69) is 10.3 Å². The Balaban J connectivity index is 1.45. The number of nitrogens with one attached hydrogen (secondary N) is 1. The number of benzene rings is 2. The summed E-state index contributed by atoms with van der Waals surface area (Å²) in [5.74, 6) is -2.07. The molecule has 1 aromatic heterocycles. The van der Waals surface area contributed by atoms with E-state index in [-0.39, 0.29) is 24.1 Å². The lowest BCUT2D eigenvalue weighted by Gasteiger charge is -2.15. The summed E-state index contributed by atoms with van der Waals surface area (Å²) in [7, 11) is 0. The van der Waals surface area contributed by atoms with Gasteiger partial charge in [0.05, 0.1) is 17.5 Å². The maximum absolute atomic E-state index is 13.4. The number of hydrogen-bond donors (Lipinski definition) is 1. The Morgan fingerprint density at radius 3 is 2.68 bits per heavy atom. The molecule has 2 aromatic carbocycles. The maximum atomic E-state index is 13.4. The number of para-hydroxylation sites is 2. The maximum Gasteiger partial charge on any atom is 0.253 e. The van der Waals surface area contributed by atoms with Gasteiger partial charge in [-0.25, -0.2) is 13.8 Å². The van der Waals surface area contributed by atoms with Crippen molar-refractivity contribution in [2.24, 2.45) is 0 Å². The summed E-state index contributed by atoms with van der Waals surface area (Å²) in [5, 5.41) is 2.54. The van der Waals surface area contributed by atoms with E-state index in [1.807, 2.05) is 24.3 Å². The van der Waals surface area contributed by atoms with E-state index in [0.717, 1.165) is 36.0 Å². The normalized spacial score (nSPS) is 18.6. The molecule has 3 aromatic rings. The Hall–Kier alpha value is -3.29. The monoisotopic (exact) mass is 382 g/mol. The van der Waals surface area contributed by atoms with Crippen LogP contribution in [-0.4, -0.2) is 27.4 Å². The summed E-state index contributed by atoms with van der Waals surface area (Å²) in [6.45, 7) is 0. The molecule has 1 aliphatic carbocycles. The minimum Gasteiger partial charge on any atom is -0.326 e. The molecule has 0 saturated heterocycles. The molecule has 28 heavy (non-hydrogen) atoms. The zero-order valence-corrected chi connectivity index (χ0v) is 14.7. The first kappa shape index (κ1) is 16.9. The van der Waals surface area contributed by atoms with Crippen molar-refractivity contribution in [3.8, 4) is 0 Å². The lowest BCUT2D eigenvalue weighted by Crippen LogP contribution is -2.33. The Labute approximate surface area is 158 Å². The zero-order chi connectivity index (χ0) is 19.4. The van der Waals surface area contributed by atoms with Crippen LogP contribution in [0, 0.1) is 11.6 Å². The molecule has 0 bridgehead atoms. The van der Waals surface area contributed by atoms with Crippen LogP contribution in [0.1, 0.15) is 25.3 Å². The predicted molar refractivity (Wildman–Crippen MR) is 98.9 cm³/mol. The molecule has 0 radical (unpaired) electrons. The van der Waals surface area contributed by atoms with E-state index < -0.39 is 23.6 Å². The molecule has 1 atom stereocenters. The number of rotatable bonds is 4. The summed E-state index contributed by atoms with van der Waals surface area (Å²) in [4.78, 5) is 31.8. The van der Waals surface area contributed by atoms with Gasteiger partial charge >= 0.3 is 0 Å². The second kappa shape index (κ2) is 6.12. The average molecular weight is 382 g/mol. The van der Waals surface area contributed by atoms with E-state index >= 15 is 0 Å². The van der Waals surface area contributed by atoms with Crippen LogP contribution in [0.5, 0.6) is 0 Å². The summed E-state index contributed by atoms with van der Waals surface area (Å²) in [6, 6.07) is 10.0. The first-order valence-corrected chi connectivity index (χ1v) is 9.08. The fourth-order valence-corrected chi connectivity index (χ4v) is 3.69. The molecule has 0 spiro atoms. The van der Waals surface area contributed by atoms with Gasteiger partial charge in [-0.3, -0.25) is 19.1 Å². The SMILES string of the molecule is O=C(CC1C(=O)N(C2CC2)c2nc3ccccc3n21)Nc1ccc(F)c(F)c1. The highest BCUT2D eigenvalue weighted by Crippen LogP contribution is 2.42. The van der Waals surface area contributed by atoms with Crippen LogP contribution < -0.4 is 10.2 Å². The van der Waals surface area contributed by atoms with Crippen LogP contribution in [-0.2, 0) is 9.59 Å². The number of nitrogens with zero attached hydrogens (tertiary/aromatic N) is 3. The van der Waals surface area contributed by atoms with E-state index in [4.69, 9.17) is 0 Å². The summed E-state index contributed by atoms with van der Waals surface area (Å²) >= 11 is 0. The number of anilines is 2. The van der Waals surface area contributed by atoms with E-state index in [0.29, 0.717) is 5.95 Å². The van der Waals surface area contributed by atoms with Gasteiger partial charge < -0.3 is 5.32 Å². The fraction of sp³-hybridized carbons (Fsp3) is 0.250. The van der Waals surface area contributed by atoms with Crippen LogP contribution >= 0.6 is 0 Å². The Morgan fingerprint density at radius 2 is 1.93 bits per heavy atom. The van der Waals surface area contributed by atoms with Gasteiger partial charge in [-0.1, -0.05) is 12.1 Å². The van der Waals surface area contributed by atoms with Gasteiger partial charge in [-0.15, -0.1) is 0 Å². The number of amides is 2.